The number of carbonyl (C=O) groups is 2. The predicted molar refractivity (Wildman–Crippen MR) is 58.7 cm³/mol. The first-order valence-corrected chi connectivity index (χ1v) is 5.13. The standard InChI is InChI=1S/C10H13N3O4/c1-2-3-6(10(16)17)13-9(15)7-4-12-8(14)5-11-7/h4-6H,2-3H2,1H3,(H,12,14)(H,13,15)(H,16,17)/t6-/m1/s1. The van der Waals surface area contributed by atoms with Gasteiger partial charge in [0.25, 0.3) is 11.5 Å². The minimum atomic E-state index is -1.09. The lowest BCUT2D eigenvalue weighted by molar-refractivity contribution is -0.139. The number of nitrogens with one attached hydrogen (secondary N) is 2. The van der Waals surface area contributed by atoms with Gasteiger partial charge in [0.2, 0.25) is 0 Å². The molecule has 0 fully saturated rings. The zero-order valence-electron chi connectivity index (χ0n) is 9.27. The molecular formula is C10H13N3O4. The molecular weight excluding hydrogens is 226 g/mol. The van der Waals surface area contributed by atoms with E-state index in [1.807, 2.05) is 6.92 Å². The number of amides is 1. The van der Waals surface area contributed by atoms with E-state index in [1.165, 1.54) is 0 Å². The normalized spacial score (nSPS) is 11.8. The highest BCUT2D eigenvalue weighted by Gasteiger charge is 2.20. The molecule has 0 bridgehead atoms. The summed E-state index contributed by atoms with van der Waals surface area (Å²) in [5.41, 5.74) is -0.447. The summed E-state index contributed by atoms with van der Waals surface area (Å²) in [6.45, 7) is 1.82. The molecule has 1 heterocycles. The molecule has 1 amide bonds. The number of aliphatic carboxylic acids is 1. The van der Waals surface area contributed by atoms with Crippen LogP contribution < -0.4 is 10.9 Å². The van der Waals surface area contributed by atoms with E-state index < -0.39 is 23.5 Å². The van der Waals surface area contributed by atoms with Crippen LogP contribution in [0.4, 0.5) is 0 Å². The average Bonchev–Trinajstić information content (AvgIpc) is 2.29. The number of aromatic nitrogens is 2. The van der Waals surface area contributed by atoms with Crippen LogP contribution in [-0.4, -0.2) is 33.0 Å². The van der Waals surface area contributed by atoms with Crippen molar-refractivity contribution in [2.24, 2.45) is 0 Å². The van der Waals surface area contributed by atoms with Gasteiger partial charge >= 0.3 is 5.97 Å². The fourth-order valence-corrected chi connectivity index (χ4v) is 1.24. The van der Waals surface area contributed by atoms with E-state index in [2.05, 4.69) is 15.3 Å². The van der Waals surface area contributed by atoms with Crippen LogP contribution in [-0.2, 0) is 4.79 Å². The van der Waals surface area contributed by atoms with Crippen molar-refractivity contribution in [1.29, 1.82) is 0 Å². The Morgan fingerprint density at radius 1 is 1.59 bits per heavy atom. The lowest BCUT2D eigenvalue weighted by Crippen LogP contribution is -2.41. The van der Waals surface area contributed by atoms with Crippen molar-refractivity contribution < 1.29 is 14.7 Å². The molecule has 0 aromatic carbocycles. The number of carboxylic acid groups (broad SMARTS) is 1. The minimum absolute atomic E-state index is 0.0213. The Hall–Kier alpha value is -2.18. The summed E-state index contributed by atoms with van der Waals surface area (Å²) in [6, 6.07) is -0.943. The van der Waals surface area contributed by atoms with Crippen molar-refractivity contribution in [1.82, 2.24) is 15.3 Å². The largest absolute Gasteiger partial charge is 0.480 e. The van der Waals surface area contributed by atoms with E-state index in [1.54, 1.807) is 0 Å². The monoisotopic (exact) mass is 239 g/mol. The second kappa shape index (κ2) is 5.78. The number of carboxylic acids is 1. The summed E-state index contributed by atoms with van der Waals surface area (Å²) in [5.74, 6) is -1.72. The molecule has 7 nitrogen and oxygen atoms in total. The molecule has 3 N–H and O–H groups in total. The van der Waals surface area contributed by atoms with Gasteiger partial charge in [0.05, 0.1) is 6.20 Å². The average molecular weight is 239 g/mol. The maximum atomic E-state index is 11.6. The van der Waals surface area contributed by atoms with E-state index in [4.69, 9.17) is 5.11 Å². The van der Waals surface area contributed by atoms with Crippen molar-refractivity contribution in [3.8, 4) is 0 Å². The van der Waals surface area contributed by atoms with Crippen LogP contribution >= 0.6 is 0 Å². The van der Waals surface area contributed by atoms with Crippen LogP contribution in [0, 0.1) is 0 Å². The van der Waals surface area contributed by atoms with E-state index in [0.717, 1.165) is 12.4 Å². The van der Waals surface area contributed by atoms with Gasteiger partial charge in [-0.1, -0.05) is 13.3 Å². The Morgan fingerprint density at radius 2 is 2.29 bits per heavy atom. The SMILES string of the molecule is CCC[C@@H](NC(=O)c1c[nH]c(=O)cn1)C(=O)O. The molecule has 7 heteroatoms. The van der Waals surface area contributed by atoms with Gasteiger partial charge in [0.1, 0.15) is 11.7 Å². The van der Waals surface area contributed by atoms with Crippen LogP contribution in [0.5, 0.6) is 0 Å². The highest BCUT2D eigenvalue weighted by molar-refractivity contribution is 5.94. The van der Waals surface area contributed by atoms with Crippen molar-refractivity contribution in [2.75, 3.05) is 0 Å². The number of H-pyrrole nitrogens is 1. The van der Waals surface area contributed by atoms with E-state index in [9.17, 15) is 14.4 Å². The van der Waals surface area contributed by atoms with E-state index in [0.29, 0.717) is 12.8 Å². The lowest BCUT2D eigenvalue weighted by atomic mass is 10.1. The Kier molecular flexibility index (Phi) is 4.38. The van der Waals surface area contributed by atoms with Crippen LogP contribution in [0.1, 0.15) is 30.3 Å². The molecule has 0 spiro atoms. The van der Waals surface area contributed by atoms with Gasteiger partial charge in [-0.05, 0) is 6.42 Å². The molecule has 0 unspecified atom stereocenters. The molecule has 1 aromatic heterocycles. The van der Waals surface area contributed by atoms with Gasteiger partial charge in [0, 0.05) is 6.20 Å². The zero-order chi connectivity index (χ0) is 12.8. The van der Waals surface area contributed by atoms with Gasteiger partial charge in [-0.25, -0.2) is 9.78 Å². The highest BCUT2D eigenvalue weighted by Crippen LogP contribution is 1.98. The molecule has 92 valence electrons. The van der Waals surface area contributed by atoms with Gasteiger partial charge in [-0.15, -0.1) is 0 Å². The molecule has 1 rings (SSSR count). The van der Waals surface area contributed by atoms with Crippen molar-refractivity contribution in [3.63, 3.8) is 0 Å². The maximum absolute atomic E-state index is 11.6. The van der Waals surface area contributed by atoms with Crippen LogP contribution in [0.2, 0.25) is 0 Å². The van der Waals surface area contributed by atoms with E-state index in [-0.39, 0.29) is 5.69 Å². The summed E-state index contributed by atoms with van der Waals surface area (Å²) in [5, 5.41) is 11.2. The van der Waals surface area contributed by atoms with Gasteiger partial charge < -0.3 is 15.4 Å². The van der Waals surface area contributed by atoms with Crippen LogP contribution in [0.15, 0.2) is 17.2 Å². The third-order valence-electron chi connectivity index (χ3n) is 2.09. The summed E-state index contributed by atoms with van der Waals surface area (Å²) >= 11 is 0. The molecule has 1 atom stereocenters. The first-order chi connectivity index (χ1) is 8.04. The predicted octanol–water partition coefficient (Wildman–Crippen LogP) is -0.247. The molecule has 0 radical (unpaired) electrons. The Bertz CT molecular complexity index is 448. The quantitative estimate of drug-likeness (QED) is 0.656. The maximum Gasteiger partial charge on any atom is 0.326 e. The van der Waals surface area contributed by atoms with Gasteiger partial charge in [0.15, 0.2) is 0 Å². The Labute approximate surface area is 96.9 Å². The molecule has 17 heavy (non-hydrogen) atoms. The lowest BCUT2D eigenvalue weighted by Gasteiger charge is -2.12. The molecule has 0 aliphatic rings. The van der Waals surface area contributed by atoms with Crippen LogP contribution in [0.25, 0.3) is 0 Å². The highest BCUT2D eigenvalue weighted by atomic mass is 16.4. The molecule has 0 aliphatic heterocycles. The summed E-state index contributed by atoms with van der Waals surface area (Å²) < 4.78 is 0. The molecule has 1 aromatic rings. The smallest absolute Gasteiger partial charge is 0.326 e. The number of carbonyl (C=O) groups excluding carboxylic acids is 1. The Balaban J connectivity index is 2.73. The number of rotatable bonds is 5. The zero-order valence-corrected chi connectivity index (χ0v) is 9.27. The van der Waals surface area contributed by atoms with E-state index >= 15 is 0 Å². The van der Waals surface area contributed by atoms with Gasteiger partial charge in [-0.2, -0.15) is 0 Å². The third-order valence-corrected chi connectivity index (χ3v) is 2.09. The fourth-order valence-electron chi connectivity index (χ4n) is 1.24. The van der Waals surface area contributed by atoms with Crippen molar-refractivity contribution in [2.45, 2.75) is 25.8 Å². The number of nitrogens with zero attached hydrogens (tertiary/aromatic N) is 1. The topological polar surface area (TPSA) is 112 Å². The molecule has 0 saturated heterocycles. The second-order valence-electron chi connectivity index (χ2n) is 3.45. The summed E-state index contributed by atoms with van der Waals surface area (Å²) in [6.07, 6.45) is 3.08. The number of hydrogen-bond acceptors (Lipinski definition) is 4. The Morgan fingerprint density at radius 3 is 2.76 bits per heavy atom. The van der Waals surface area contributed by atoms with Crippen LogP contribution in [0.3, 0.4) is 0 Å². The molecule has 0 saturated carbocycles. The van der Waals surface area contributed by atoms with Gasteiger partial charge in [-0.3, -0.25) is 9.59 Å². The summed E-state index contributed by atoms with van der Waals surface area (Å²) in [4.78, 5) is 39.0. The molecule has 0 aliphatic carbocycles. The number of hydrogen-bond donors (Lipinski definition) is 3. The second-order valence-corrected chi connectivity index (χ2v) is 3.45. The summed E-state index contributed by atoms with van der Waals surface area (Å²) in [7, 11) is 0. The van der Waals surface area contributed by atoms with Crippen molar-refractivity contribution >= 4 is 11.9 Å². The number of aromatic amines is 1. The first-order valence-electron chi connectivity index (χ1n) is 5.13. The fraction of sp³-hybridized carbons (Fsp3) is 0.400. The third kappa shape index (κ3) is 3.71. The first kappa shape index (κ1) is 12.9. The van der Waals surface area contributed by atoms with Crippen molar-refractivity contribution in [3.05, 3.63) is 28.4 Å². The minimum Gasteiger partial charge on any atom is -0.480 e.